The van der Waals surface area contributed by atoms with Crippen LogP contribution in [-0.2, 0) is 0 Å². The maximum atomic E-state index is 10.6. The van der Waals surface area contributed by atoms with Gasteiger partial charge in [-0.1, -0.05) is 39.5 Å². The minimum Gasteiger partial charge on any atom is -0.504 e. The van der Waals surface area contributed by atoms with Crippen molar-refractivity contribution in [1.29, 1.82) is 0 Å². The highest BCUT2D eigenvalue weighted by molar-refractivity contribution is 7.99. The first kappa shape index (κ1) is 23.3. The predicted octanol–water partition coefficient (Wildman–Crippen LogP) is 7.07. The first-order valence-corrected chi connectivity index (χ1v) is 11.3. The van der Waals surface area contributed by atoms with Crippen molar-refractivity contribution < 1.29 is 19.7 Å². The summed E-state index contributed by atoms with van der Waals surface area (Å²) in [4.78, 5) is 1.98. The van der Waals surface area contributed by atoms with Gasteiger partial charge >= 0.3 is 0 Å². The predicted molar refractivity (Wildman–Crippen MR) is 120 cm³/mol. The lowest BCUT2D eigenvalue weighted by Gasteiger charge is -2.19. The van der Waals surface area contributed by atoms with Gasteiger partial charge in [-0.3, -0.25) is 0 Å². The van der Waals surface area contributed by atoms with E-state index in [0.717, 1.165) is 33.8 Å². The summed E-state index contributed by atoms with van der Waals surface area (Å²) in [6.07, 6.45) is 1.86. The molecule has 2 rings (SSSR count). The van der Waals surface area contributed by atoms with Crippen molar-refractivity contribution >= 4 is 11.8 Å². The minimum absolute atomic E-state index is 0.226. The third-order valence-corrected chi connectivity index (χ3v) is 6.22. The zero-order valence-corrected chi connectivity index (χ0v) is 19.2. The quantitative estimate of drug-likeness (QED) is 0.432. The van der Waals surface area contributed by atoms with E-state index in [0.29, 0.717) is 24.7 Å². The van der Waals surface area contributed by atoms with Gasteiger partial charge in [0.25, 0.3) is 0 Å². The molecule has 0 aliphatic heterocycles. The highest BCUT2D eigenvalue weighted by atomic mass is 32.2. The van der Waals surface area contributed by atoms with E-state index in [4.69, 9.17) is 9.47 Å². The van der Waals surface area contributed by atoms with Gasteiger partial charge in [-0.25, -0.2) is 0 Å². The summed E-state index contributed by atoms with van der Waals surface area (Å²) in [7, 11) is 0. The Balaban J connectivity index is 2.51. The Morgan fingerprint density at radius 2 is 1.10 bits per heavy atom. The van der Waals surface area contributed by atoms with Crippen LogP contribution in [0.1, 0.15) is 77.3 Å². The van der Waals surface area contributed by atoms with E-state index < -0.39 is 0 Å². The lowest BCUT2D eigenvalue weighted by Crippen LogP contribution is -1.99. The van der Waals surface area contributed by atoms with E-state index in [2.05, 4.69) is 27.7 Å². The van der Waals surface area contributed by atoms with Crippen LogP contribution in [-0.4, -0.2) is 23.4 Å². The van der Waals surface area contributed by atoms with Crippen molar-refractivity contribution in [2.24, 2.45) is 0 Å². The second-order valence-corrected chi connectivity index (χ2v) is 8.45. The van der Waals surface area contributed by atoms with E-state index in [-0.39, 0.29) is 23.3 Å². The van der Waals surface area contributed by atoms with E-state index in [9.17, 15) is 10.2 Å². The third-order valence-electron chi connectivity index (χ3n) is 5.28. The molecule has 0 heterocycles. The summed E-state index contributed by atoms with van der Waals surface area (Å²) < 4.78 is 11.4. The number of phenols is 2. The molecule has 2 N–H and O–H groups in total. The van der Waals surface area contributed by atoms with Crippen LogP contribution in [0.5, 0.6) is 23.0 Å². The molecule has 0 saturated carbocycles. The van der Waals surface area contributed by atoms with Gasteiger partial charge in [0.15, 0.2) is 23.0 Å². The molecule has 2 aromatic carbocycles. The highest BCUT2D eigenvalue weighted by Gasteiger charge is 2.19. The van der Waals surface area contributed by atoms with Crippen molar-refractivity contribution in [2.75, 3.05) is 13.2 Å². The summed E-state index contributed by atoms with van der Waals surface area (Å²) in [5.41, 5.74) is 1.79. The Labute approximate surface area is 179 Å². The first-order valence-electron chi connectivity index (χ1n) is 10.5. The Kier molecular flexibility index (Phi) is 8.57. The Bertz CT molecular complexity index is 752. The molecule has 2 atom stereocenters. The lowest BCUT2D eigenvalue weighted by atomic mass is 9.97. The molecular formula is C24H34O4S. The summed E-state index contributed by atoms with van der Waals surface area (Å²) in [6.45, 7) is 13.2. The lowest BCUT2D eigenvalue weighted by molar-refractivity contribution is 0.314. The third kappa shape index (κ3) is 5.53. The fraction of sp³-hybridized carbons (Fsp3) is 0.500. The average molecular weight is 419 g/mol. The zero-order valence-electron chi connectivity index (χ0n) is 18.4. The molecule has 0 aliphatic rings. The topological polar surface area (TPSA) is 58.9 Å². The number of ether oxygens (including phenoxy) is 2. The Morgan fingerprint density at radius 3 is 1.41 bits per heavy atom. The molecule has 0 amide bonds. The van der Waals surface area contributed by atoms with Crippen molar-refractivity contribution in [2.45, 2.75) is 76.0 Å². The average Bonchev–Trinajstić information content (AvgIpc) is 2.71. The summed E-state index contributed by atoms with van der Waals surface area (Å²) in [5.74, 6) is 1.93. The van der Waals surface area contributed by atoms with Crippen LogP contribution in [0.2, 0.25) is 0 Å². The maximum absolute atomic E-state index is 10.6. The number of benzene rings is 2. The van der Waals surface area contributed by atoms with Crippen molar-refractivity contribution in [3.05, 3.63) is 35.4 Å². The van der Waals surface area contributed by atoms with Crippen LogP contribution in [0.4, 0.5) is 0 Å². The normalized spacial score (nSPS) is 13.2. The van der Waals surface area contributed by atoms with Gasteiger partial charge in [0, 0.05) is 20.9 Å². The van der Waals surface area contributed by atoms with Crippen LogP contribution in [0.3, 0.4) is 0 Å². The van der Waals surface area contributed by atoms with Gasteiger partial charge in [-0.2, -0.15) is 0 Å². The smallest absolute Gasteiger partial charge is 0.162 e. The first-order chi connectivity index (χ1) is 13.9. The van der Waals surface area contributed by atoms with Gasteiger partial charge in [-0.15, -0.1) is 0 Å². The minimum atomic E-state index is 0.226. The number of hydrogen-bond donors (Lipinski definition) is 2. The molecule has 0 fully saturated rings. The van der Waals surface area contributed by atoms with Crippen LogP contribution in [0, 0.1) is 0 Å². The van der Waals surface area contributed by atoms with Crippen LogP contribution in [0.15, 0.2) is 34.1 Å². The van der Waals surface area contributed by atoms with E-state index in [1.54, 1.807) is 11.8 Å². The molecule has 5 heteroatoms. The number of phenolic OH excluding ortho intramolecular Hbond substituents is 2. The standard InChI is InChI=1S/C24H34O4S/c1-7-15(5)19-11-17(13-21(23(19)25)27-9-3)29-18-12-20(16(6)8-2)24(26)22(14-18)28-10-4/h11-16,25-26H,7-10H2,1-6H3. The monoisotopic (exact) mass is 418 g/mol. The second-order valence-electron chi connectivity index (χ2n) is 7.31. The molecule has 29 heavy (non-hydrogen) atoms. The van der Waals surface area contributed by atoms with Crippen molar-refractivity contribution in [3.8, 4) is 23.0 Å². The van der Waals surface area contributed by atoms with Gasteiger partial charge < -0.3 is 19.7 Å². The summed E-state index contributed by atoms with van der Waals surface area (Å²) >= 11 is 1.59. The molecule has 0 radical (unpaired) electrons. The summed E-state index contributed by atoms with van der Waals surface area (Å²) in [6, 6.07) is 7.83. The fourth-order valence-electron chi connectivity index (χ4n) is 3.18. The van der Waals surface area contributed by atoms with Gasteiger partial charge in [-0.05, 0) is 62.8 Å². The van der Waals surface area contributed by atoms with Gasteiger partial charge in [0.1, 0.15) is 0 Å². The van der Waals surface area contributed by atoms with Crippen molar-refractivity contribution in [1.82, 2.24) is 0 Å². The molecule has 0 spiro atoms. The molecule has 2 unspecified atom stereocenters. The summed E-state index contributed by atoms with van der Waals surface area (Å²) in [5, 5.41) is 21.2. The van der Waals surface area contributed by atoms with Crippen molar-refractivity contribution in [3.63, 3.8) is 0 Å². The number of aromatic hydroxyl groups is 2. The van der Waals surface area contributed by atoms with Crippen LogP contribution >= 0.6 is 11.8 Å². The van der Waals surface area contributed by atoms with E-state index >= 15 is 0 Å². The molecule has 4 nitrogen and oxygen atoms in total. The molecular weight excluding hydrogens is 384 g/mol. The second kappa shape index (κ2) is 10.7. The number of hydrogen-bond acceptors (Lipinski definition) is 5. The maximum Gasteiger partial charge on any atom is 0.162 e. The number of rotatable bonds is 10. The molecule has 0 aliphatic carbocycles. The fourth-order valence-corrected chi connectivity index (χ4v) is 4.16. The van der Waals surface area contributed by atoms with E-state index in [1.807, 2.05) is 38.1 Å². The SMILES string of the molecule is CCOc1cc(Sc2cc(OCC)c(O)c(C(C)CC)c2)cc(C(C)CC)c1O. The molecule has 2 aromatic rings. The zero-order chi connectivity index (χ0) is 21.6. The van der Waals surface area contributed by atoms with Crippen LogP contribution < -0.4 is 9.47 Å². The Morgan fingerprint density at radius 1 is 0.724 bits per heavy atom. The van der Waals surface area contributed by atoms with Gasteiger partial charge in [0.2, 0.25) is 0 Å². The largest absolute Gasteiger partial charge is 0.504 e. The highest BCUT2D eigenvalue weighted by Crippen LogP contribution is 2.45. The van der Waals surface area contributed by atoms with E-state index in [1.165, 1.54) is 0 Å². The molecule has 160 valence electrons. The molecule has 0 bridgehead atoms. The Hall–Kier alpha value is -2.01. The molecule has 0 saturated heterocycles. The molecule has 0 aromatic heterocycles. The van der Waals surface area contributed by atoms with Crippen LogP contribution in [0.25, 0.3) is 0 Å². The van der Waals surface area contributed by atoms with Gasteiger partial charge in [0.05, 0.1) is 13.2 Å².